The molecular weight excluding hydrogens is 811 g/mol. The summed E-state index contributed by atoms with van der Waals surface area (Å²) in [6, 6.07) is 70.3. The Labute approximate surface area is 393 Å². The number of allylic oxidation sites excluding steroid dienone is 8. The first-order chi connectivity index (χ1) is 33.1. The van der Waals surface area contributed by atoms with Crippen molar-refractivity contribution in [3.05, 3.63) is 258 Å². The third kappa shape index (κ3) is 6.77. The fourth-order valence-electron chi connectivity index (χ4n) is 10.9. The summed E-state index contributed by atoms with van der Waals surface area (Å²) in [4.78, 5) is 16.5. The van der Waals surface area contributed by atoms with Gasteiger partial charge in [-0.05, 0) is 158 Å². The second kappa shape index (κ2) is 16.6. The molecule has 0 saturated carbocycles. The Kier molecular flexibility index (Phi) is 9.99. The third-order valence-electron chi connectivity index (χ3n) is 13.9. The van der Waals surface area contributed by atoms with Gasteiger partial charge in [-0.25, -0.2) is 15.0 Å². The zero-order valence-electron chi connectivity index (χ0n) is 37.6. The summed E-state index contributed by atoms with van der Waals surface area (Å²) in [5.74, 6) is 1.87. The molecule has 0 radical (unpaired) electrons. The van der Waals surface area contributed by atoms with Crippen molar-refractivity contribution in [2.45, 2.75) is 32.1 Å². The van der Waals surface area contributed by atoms with Gasteiger partial charge in [0.25, 0.3) is 0 Å². The second-order valence-corrected chi connectivity index (χ2v) is 17.7. The molecule has 0 aliphatic heterocycles. The molecule has 0 N–H and O–H groups in total. The van der Waals surface area contributed by atoms with Crippen molar-refractivity contribution in [3.8, 4) is 78.7 Å². The van der Waals surface area contributed by atoms with Gasteiger partial charge in [0, 0.05) is 16.7 Å². The zero-order valence-corrected chi connectivity index (χ0v) is 37.6. The Hall–Kier alpha value is -8.27. The van der Waals surface area contributed by atoms with E-state index in [1.54, 1.807) is 0 Å². The summed E-state index contributed by atoms with van der Waals surface area (Å²) >= 11 is 0. The van der Waals surface area contributed by atoms with Gasteiger partial charge < -0.3 is 0 Å². The zero-order chi connectivity index (χ0) is 44.9. The molecule has 8 aromatic carbocycles. The molecule has 1 unspecified atom stereocenters. The Morgan fingerprint density at radius 3 is 1.51 bits per heavy atom. The average Bonchev–Trinajstić information content (AvgIpc) is 3.87. The molecule has 3 nitrogen and oxygen atoms in total. The van der Waals surface area contributed by atoms with Crippen LogP contribution in [0.1, 0.15) is 54.5 Å². The predicted octanol–water partition coefficient (Wildman–Crippen LogP) is 16.3. The summed E-state index contributed by atoms with van der Waals surface area (Å²) in [5, 5.41) is 0. The normalized spacial score (nSPS) is 15.8. The fourth-order valence-corrected chi connectivity index (χ4v) is 10.9. The molecule has 0 saturated heterocycles. The van der Waals surface area contributed by atoms with Gasteiger partial charge >= 0.3 is 0 Å². The Morgan fingerprint density at radius 1 is 0.433 bits per heavy atom. The summed E-state index contributed by atoms with van der Waals surface area (Å²) in [6.07, 6.45) is 13.2. The van der Waals surface area contributed by atoms with Crippen molar-refractivity contribution in [1.29, 1.82) is 0 Å². The number of aromatic nitrogens is 3. The molecule has 3 aliphatic rings. The van der Waals surface area contributed by atoms with Crippen LogP contribution >= 0.6 is 0 Å². The van der Waals surface area contributed by atoms with Gasteiger partial charge in [0.05, 0.1) is 5.41 Å². The summed E-state index contributed by atoms with van der Waals surface area (Å²) in [5.41, 5.74) is 22.0. The van der Waals surface area contributed by atoms with Gasteiger partial charge in [0.1, 0.15) is 0 Å². The maximum absolute atomic E-state index is 5.50. The van der Waals surface area contributed by atoms with Crippen molar-refractivity contribution in [2.24, 2.45) is 0 Å². The molecule has 3 heteroatoms. The molecule has 1 atom stereocenters. The van der Waals surface area contributed by atoms with E-state index in [9.17, 15) is 0 Å². The van der Waals surface area contributed by atoms with E-state index in [1.807, 2.05) is 0 Å². The first-order valence-electron chi connectivity index (χ1n) is 23.4. The largest absolute Gasteiger partial charge is 0.208 e. The third-order valence-corrected chi connectivity index (χ3v) is 13.9. The van der Waals surface area contributed by atoms with Crippen LogP contribution in [0.3, 0.4) is 0 Å². The molecule has 0 fully saturated rings. The molecule has 0 amide bonds. The van der Waals surface area contributed by atoms with E-state index in [0.717, 1.165) is 74.0 Å². The number of hydrogen-bond acceptors (Lipinski definition) is 3. The number of fused-ring (bicyclic) bond motifs is 9. The van der Waals surface area contributed by atoms with Gasteiger partial charge in [-0.1, -0.05) is 182 Å². The first kappa shape index (κ1) is 40.3. The maximum Gasteiger partial charge on any atom is 0.164 e. The maximum atomic E-state index is 5.50. The lowest BCUT2D eigenvalue weighted by molar-refractivity contribution is 0.714. The minimum atomic E-state index is -0.416. The van der Waals surface area contributed by atoms with E-state index >= 15 is 0 Å². The molecule has 12 rings (SSSR count). The van der Waals surface area contributed by atoms with E-state index in [1.165, 1.54) is 44.5 Å². The van der Waals surface area contributed by atoms with Crippen LogP contribution in [0.4, 0.5) is 0 Å². The lowest BCUT2D eigenvalue weighted by atomic mass is 9.68. The van der Waals surface area contributed by atoms with Crippen LogP contribution in [0, 0.1) is 0 Å². The van der Waals surface area contributed by atoms with Gasteiger partial charge in [0.15, 0.2) is 17.5 Å². The van der Waals surface area contributed by atoms with Crippen molar-refractivity contribution in [3.63, 3.8) is 0 Å². The van der Waals surface area contributed by atoms with Crippen LogP contribution in [-0.2, 0) is 5.41 Å². The quantitative estimate of drug-likeness (QED) is 0.143. The van der Waals surface area contributed by atoms with Crippen LogP contribution in [-0.4, -0.2) is 15.0 Å². The SMILES string of the molecule is C/C=C\C(=C/C)c1cc(-c2ccccc2)cc(-c2nc(-c3cc(-c4ccccc4)cc(-c4ccccc4)c3)nc(-c3ccc4c(c3)C3(C5=C(C=CCC5)c5ccccc53)c3ccccc3-4)n2)c1. The Balaban J connectivity index is 1.12. The number of rotatable bonds is 8. The predicted molar refractivity (Wildman–Crippen MR) is 278 cm³/mol. The number of hydrogen-bond donors (Lipinski definition) is 0. The summed E-state index contributed by atoms with van der Waals surface area (Å²) in [6.45, 7) is 4.16. The molecule has 1 aromatic heterocycles. The highest BCUT2D eigenvalue weighted by atomic mass is 15.0. The monoisotopic (exact) mass is 857 g/mol. The molecule has 3 aliphatic carbocycles. The summed E-state index contributed by atoms with van der Waals surface area (Å²) < 4.78 is 0. The number of nitrogens with zero attached hydrogens (tertiary/aromatic N) is 3. The molecule has 1 heterocycles. The summed E-state index contributed by atoms with van der Waals surface area (Å²) in [7, 11) is 0. The van der Waals surface area contributed by atoms with Crippen molar-refractivity contribution in [1.82, 2.24) is 15.0 Å². The molecule has 9 aromatic rings. The van der Waals surface area contributed by atoms with Gasteiger partial charge in [-0.15, -0.1) is 0 Å². The van der Waals surface area contributed by atoms with Crippen molar-refractivity contribution in [2.75, 3.05) is 0 Å². The lowest BCUT2D eigenvalue weighted by Gasteiger charge is -2.33. The fraction of sp³-hybridized carbons (Fsp3) is 0.0781. The van der Waals surface area contributed by atoms with Gasteiger partial charge in [-0.2, -0.15) is 0 Å². The topological polar surface area (TPSA) is 38.7 Å². The van der Waals surface area contributed by atoms with E-state index in [4.69, 9.17) is 15.0 Å². The first-order valence-corrected chi connectivity index (χ1v) is 23.4. The van der Waals surface area contributed by atoms with Gasteiger partial charge in [-0.3, -0.25) is 0 Å². The highest BCUT2D eigenvalue weighted by Crippen LogP contribution is 2.63. The van der Waals surface area contributed by atoms with Gasteiger partial charge in [0.2, 0.25) is 0 Å². The number of benzene rings is 8. The van der Waals surface area contributed by atoms with Crippen LogP contribution in [0.15, 0.2) is 230 Å². The minimum absolute atomic E-state index is 0.416. The highest BCUT2D eigenvalue weighted by Gasteiger charge is 2.52. The van der Waals surface area contributed by atoms with Crippen molar-refractivity contribution >= 4 is 11.1 Å². The highest BCUT2D eigenvalue weighted by molar-refractivity contribution is 5.98. The smallest absolute Gasteiger partial charge is 0.164 e. The van der Waals surface area contributed by atoms with Crippen LogP contribution in [0.5, 0.6) is 0 Å². The van der Waals surface area contributed by atoms with Crippen LogP contribution < -0.4 is 0 Å². The second-order valence-electron chi connectivity index (χ2n) is 17.7. The molecule has 67 heavy (non-hydrogen) atoms. The van der Waals surface area contributed by atoms with Crippen LogP contribution in [0.2, 0.25) is 0 Å². The molecule has 1 spiro atoms. The Bertz CT molecular complexity index is 3460. The van der Waals surface area contributed by atoms with E-state index in [0.29, 0.717) is 17.5 Å². The van der Waals surface area contributed by atoms with E-state index in [2.05, 4.69) is 238 Å². The minimum Gasteiger partial charge on any atom is -0.208 e. The van der Waals surface area contributed by atoms with E-state index < -0.39 is 5.41 Å². The lowest BCUT2D eigenvalue weighted by Crippen LogP contribution is -2.27. The van der Waals surface area contributed by atoms with E-state index in [-0.39, 0.29) is 0 Å². The molecule has 318 valence electrons. The van der Waals surface area contributed by atoms with Crippen molar-refractivity contribution < 1.29 is 0 Å². The Morgan fingerprint density at radius 2 is 0.910 bits per heavy atom. The standard InChI is InChI=1S/C64H47N3/c1-3-20-42(4-2)47-35-48(43-21-8-5-9-22-43)38-51(37-47)62-65-61(66-63(67-62)52-39-49(44-23-10-6-11-24-44)36-50(40-52)45-25-12-7-13-26-45)46-33-34-56-55-29-16-19-32-59(55)64(60(56)41-46)57-30-17-14-27-53(57)54-28-15-18-31-58(54)64/h3-17,19-30,32-41H,18,31H2,1-2H3/b20-3-,42-4+. The average molecular weight is 858 g/mol. The van der Waals surface area contributed by atoms with Crippen LogP contribution in [0.25, 0.3) is 89.8 Å². The molecule has 0 bridgehead atoms. The molecular formula is C64H47N3.